The van der Waals surface area contributed by atoms with Gasteiger partial charge in [0, 0.05) is 32.3 Å². The van der Waals surface area contributed by atoms with Gasteiger partial charge in [0.1, 0.15) is 5.60 Å². The maximum absolute atomic E-state index is 12.5. The van der Waals surface area contributed by atoms with Crippen molar-refractivity contribution in [2.45, 2.75) is 83.6 Å². The molecule has 2 rings (SSSR count). The molecule has 1 saturated heterocycles. The van der Waals surface area contributed by atoms with Crippen LogP contribution in [0.4, 0.5) is 4.79 Å². The minimum absolute atomic E-state index is 0.143. The molecule has 1 aliphatic carbocycles. The summed E-state index contributed by atoms with van der Waals surface area (Å²) in [7, 11) is 1.75. The van der Waals surface area contributed by atoms with E-state index in [1.165, 1.54) is 19.3 Å². The summed E-state index contributed by atoms with van der Waals surface area (Å²) in [6.07, 6.45) is 5.90. The standard InChI is InChI=1S/C18H34N2O3/c1-13(22-5)12-19-15-9-6-8-14(15)16-10-7-11-20(16)17(21)23-18(2,3)4/h13-16,19H,6-12H2,1-5H3. The highest BCUT2D eigenvalue weighted by atomic mass is 16.6. The predicted molar refractivity (Wildman–Crippen MR) is 91.6 cm³/mol. The highest BCUT2D eigenvalue weighted by Crippen LogP contribution is 2.36. The van der Waals surface area contributed by atoms with E-state index >= 15 is 0 Å². The number of rotatable bonds is 5. The second kappa shape index (κ2) is 7.84. The monoisotopic (exact) mass is 326 g/mol. The van der Waals surface area contributed by atoms with Crippen LogP contribution in [0.25, 0.3) is 0 Å². The first-order valence-electron chi connectivity index (χ1n) is 9.07. The van der Waals surface area contributed by atoms with E-state index < -0.39 is 5.60 Å². The third-order valence-electron chi connectivity index (χ3n) is 5.06. The van der Waals surface area contributed by atoms with Crippen molar-refractivity contribution in [1.29, 1.82) is 0 Å². The maximum atomic E-state index is 12.5. The molecule has 5 nitrogen and oxygen atoms in total. The Balaban J connectivity index is 1.96. The van der Waals surface area contributed by atoms with E-state index in [0.717, 1.165) is 25.9 Å². The van der Waals surface area contributed by atoms with E-state index in [-0.39, 0.29) is 12.2 Å². The van der Waals surface area contributed by atoms with E-state index in [1.54, 1.807) is 7.11 Å². The average molecular weight is 326 g/mol. The molecule has 1 saturated carbocycles. The smallest absolute Gasteiger partial charge is 0.410 e. The van der Waals surface area contributed by atoms with Crippen molar-refractivity contribution in [2.75, 3.05) is 20.2 Å². The summed E-state index contributed by atoms with van der Waals surface area (Å²) in [4.78, 5) is 14.5. The lowest BCUT2D eigenvalue weighted by Gasteiger charge is -2.34. The fourth-order valence-electron chi connectivity index (χ4n) is 3.89. The van der Waals surface area contributed by atoms with Crippen molar-refractivity contribution in [3.63, 3.8) is 0 Å². The number of carbonyl (C=O) groups is 1. The van der Waals surface area contributed by atoms with E-state index in [2.05, 4.69) is 12.2 Å². The van der Waals surface area contributed by atoms with Gasteiger partial charge in [-0.25, -0.2) is 4.79 Å². The summed E-state index contributed by atoms with van der Waals surface area (Å²) in [6, 6.07) is 0.809. The summed E-state index contributed by atoms with van der Waals surface area (Å²) >= 11 is 0. The Morgan fingerprint density at radius 3 is 2.65 bits per heavy atom. The van der Waals surface area contributed by atoms with E-state index in [1.807, 2.05) is 25.7 Å². The molecule has 23 heavy (non-hydrogen) atoms. The highest BCUT2D eigenvalue weighted by Gasteiger charge is 2.41. The molecule has 134 valence electrons. The summed E-state index contributed by atoms with van der Waals surface area (Å²) in [5.74, 6) is 0.536. The van der Waals surface area contributed by atoms with Gasteiger partial charge in [0.15, 0.2) is 0 Å². The fraction of sp³-hybridized carbons (Fsp3) is 0.944. The number of hydrogen-bond acceptors (Lipinski definition) is 4. The SMILES string of the molecule is COC(C)CNC1CCCC1C1CCCN1C(=O)OC(C)(C)C. The molecule has 1 N–H and O–H groups in total. The van der Waals surface area contributed by atoms with Crippen molar-refractivity contribution < 1.29 is 14.3 Å². The third-order valence-corrected chi connectivity index (χ3v) is 5.06. The van der Waals surface area contributed by atoms with Crippen LogP contribution in [0.1, 0.15) is 59.8 Å². The first-order chi connectivity index (χ1) is 10.8. The summed E-state index contributed by atoms with van der Waals surface area (Å²) < 4.78 is 10.9. The van der Waals surface area contributed by atoms with Crippen LogP contribution in [0, 0.1) is 5.92 Å². The van der Waals surface area contributed by atoms with Crippen LogP contribution < -0.4 is 5.32 Å². The van der Waals surface area contributed by atoms with Gasteiger partial charge in [0.05, 0.1) is 6.10 Å². The van der Waals surface area contributed by atoms with Crippen LogP contribution in [0.3, 0.4) is 0 Å². The number of likely N-dealkylation sites (tertiary alicyclic amines) is 1. The molecule has 4 unspecified atom stereocenters. The van der Waals surface area contributed by atoms with Crippen LogP contribution in [0.15, 0.2) is 0 Å². The molecule has 5 heteroatoms. The van der Waals surface area contributed by atoms with Crippen LogP contribution >= 0.6 is 0 Å². The average Bonchev–Trinajstić information content (AvgIpc) is 3.10. The molecule has 1 amide bonds. The molecule has 2 fully saturated rings. The Morgan fingerprint density at radius 1 is 1.26 bits per heavy atom. The number of methoxy groups -OCH3 is 1. The van der Waals surface area contributed by atoms with Crippen molar-refractivity contribution in [2.24, 2.45) is 5.92 Å². The van der Waals surface area contributed by atoms with Crippen LogP contribution in [0.5, 0.6) is 0 Å². The summed E-state index contributed by atoms with van der Waals surface area (Å²) in [5.41, 5.74) is -0.425. The zero-order chi connectivity index (χ0) is 17.0. The van der Waals surface area contributed by atoms with Crippen molar-refractivity contribution in [3.8, 4) is 0 Å². The van der Waals surface area contributed by atoms with Crippen molar-refractivity contribution >= 4 is 6.09 Å². The molecule has 0 spiro atoms. The largest absolute Gasteiger partial charge is 0.444 e. The third kappa shape index (κ3) is 5.08. The minimum Gasteiger partial charge on any atom is -0.444 e. The van der Waals surface area contributed by atoms with Gasteiger partial charge in [-0.15, -0.1) is 0 Å². The molecule has 1 aliphatic heterocycles. The van der Waals surface area contributed by atoms with Gasteiger partial charge in [-0.3, -0.25) is 0 Å². The summed E-state index contributed by atoms with van der Waals surface area (Å²) in [6.45, 7) is 9.58. The number of carbonyl (C=O) groups excluding carboxylic acids is 1. The van der Waals surface area contributed by atoms with Gasteiger partial charge in [0.2, 0.25) is 0 Å². The topological polar surface area (TPSA) is 50.8 Å². The normalized spacial score (nSPS) is 29.8. The number of hydrogen-bond donors (Lipinski definition) is 1. The number of amides is 1. The van der Waals surface area contributed by atoms with Gasteiger partial charge >= 0.3 is 6.09 Å². The highest BCUT2D eigenvalue weighted by molar-refractivity contribution is 5.69. The second-order valence-corrected chi connectivity index (χ2v) is 8.04. The Kier molecular flexibility index (Phi) is 6.32. The molecule has 0 radical (unpaired) electrons. The second-order valence-electron chi connectivity index (χ2n) is 8.04. The molecule has 0 aromatic rings. The lowest BCUT2D eigenvalue weighted by atomic mass is 9.92. The summed E-state index contributed by atoms with van der Waals surface area (Å²) in [5, 5.41) is 3.66. The minimum atomic E-state index is -0.425. The van der Waals surface area contributed by atoms with Crippen molar-refractivity contribution in [3.05, 3.63) is 0 Å². The Hall–Kier alpha value is -0.810. The molecule has 0 aromatic heterocycles. The van der Waals surface area contributed by atoms with E-state index in [9.17, 15) is 4.79 Å². The molecular weight excluding hydrogens is 292 g/mol. The van der Waals surface area contributed by atoms with E-state index in [4.69, 9.17) is 9.47 Å². The van der Waals surface area contributed by atoms with Crippen LogP contribution in [-0.4, -0.2) is 55.0 Å². The quantitative estimate of drug-likeness (QED) is 0.843. The Morgan fingerprint density at radius 2 is 2.00 bits per heavy atom. The zero-order valence-electron chi connectivity index (χ0n) is 15.4. The first kappa shape index (κ1) is 18.5. The zero-order valence-corrected chi connectivity index (χ0v) is 15.4. The first-order valence-corrected chi connectivity index (χ1v) is 9.07. The Bertz CT molecular complexity index is 394. The number of nitrogens with zero attached hydrogens (tertiary/aromatic N) is 1. The molecule has 2 aliphatic rings. The lowest BCUT2D eigenvalue weighted by Crippen LogP contribution is -2.48. The van der Waals surface area contributed by atoms with Gasteiger partial charge in [-0.05, 0) is 59.3 Å². The van der Waals surface area contributed by atoms with Crippen LogP contribution in [0.2, 0.25) is 0 Å². The molecular formula is C18H34N2O3. The molecule has 0 bridgehead atoms. The molecule has 0 aromatic carbocycles. The predicted octanol–water partition coefficient (Wildman–Crippen LogP) is 3.18. The fourth-order valence-corrected chi connectivity index (χ4v) is 3.89. The Labute approximate surface area is 141 Å². The number of ether oxygens (including phenoxy) is 2. The maximum Gasteiger partial charge on any atom is 0.410 e. The van der Waals surface area contributed by atoms with Crippen LogP contribution in [-0.2, 0) is 9.47 Å². The molecule has 1 heterocycles. The molecule has 4 atom stereocenters. The van der Waals surface area contributed by atoms with Gasteiger partial charge in [0.25, 0.3) is 0 Å². The van der Waals surface area contributed by atoms with Gasteiger partial charge in [-0.2, -0.15) is 0 Å². The van der Waals surface area contributed by atoms with Gasteiger partial charge < -0.3 is 19.7 Å². The lowest BCUT2D eigenvalue weighted by molar-refractivity contribution is 0.0163. The van der Waals surface area contributed by atoms with Gasteiger partial charge in [-0.1, -0.05) is 6.42 Å². The number of nitrogens with one attached hydrogen (secondary N) is 1. The van der Waals surface area contributed by atoms with Crippen molar-refractivity contribution in [1.82, 2.24) is 10.2 Å². The van der Waals surface area contributed by atoms with E-state index in [0.29, 0.717) is 18.0 Å².